The minimum Gasteiger partial charge on any atom is -0.447 e. The minimum absolute atomic E-state index is 0.0691. The van der Waals surface area contributed by atoms with Gasteiger partial charge in [0.1, 0.15) is 11.6 Å². The summed E-state index contributed by atoms with van der Waals surface area (Å²) < 4.78 is 31.9. The van der Waals surface area contributed by atoms with Crippen molar-refractivity contribution in [3.05, 3.63) is 35.4 Å². The number of carbonyl (C=O) groups excluding carboxylic acids is 1. The van der Waals surface area contributed by atoms with Crippen LogP contribution >= 0.6 is 12.6 Å². The summed E-state index contributed by atoms with van der Waals surface area (Å²) in [6.45, 7) is 4.79. The van der Waals surface area contributed by atoms with E-state index in [2.05, 4.69) is 17.9 Å². The Morgan fingerprint density at radius 1 is 1.48 bits per heavy atom. The summed E-state index contributed by atoms with van der Waals surface area (Å²) in [6, 6.07) is 3.30. The van der Waals surface area contributed by atoms with Crippen LogP contribution < -0.4 is 5.32 Å². The van der Waals surface area contributed by atoms with E-state index in [-0.39, 0.29) is 35.6 Å². The number of likely N-dealkylation sites (tertiary alicyclic amines) is 1. The van der Waals surface area contributed by atoms with E-state index in [0.717, 1.165) is 18.6 Å². The summed E-state index contributed by atoms with van der Waals surface area (Å²) in [5.74, 6) is -0.921. The van der Waals surface area contributed by atoms with Crippen LogP contribution in [0.4, 0.5) is 13.6 Å². The highest BCUT2D eigenvalue weighted by atomic mass is 32.1. The second kappa shape index (κ2) is 7.97. The highest BCUT2D eigenvalue weighted by Gasteiger charge is 2.34. The zero-order valence-corrected chi connectivity index (χ0v) is 14.2. The molecular weight excluding hydrogens is 322 g/mol. The molecule has 1 saturated heterocycles. The van der Waals surface area contributed by atoms with Crippen molar-refractivity contribution in [2.75, 3.05) is 13.1 Å². The van der Waals surface area contributed by atoms with E-state index in [9.17, 15) is 13.6 Å². The number of hydrogen-bond acceptors (Lipinski definition) is 4. The van der Waals surface area contributed by atoms with Crippen LogP contribution in [0.15, 0.2) is 18.2 Å². The molecular formula is C16H22F2N2O2S. The fourth-order valence-corrected chi connectivity index (χ4v) is 3.05. The Labute approximate surface area is 140 Å². The van der Waals surface area contributed by atoms with Gasteiger partial charge in [0.25, 0.3) is 0 Å². The SMILES string of the molecule is CC(C)OC(=O)N1C[C@H](S)C[C@H]1CNCc1cc(F)ccc1F. The smallest absolute Gasteiger partial charge is 0.410 e. The van der Waals surface area contributed by atoms with Gasteiger partial charge in [-0.2, -0.15) is 12.6 Å². The number of nitrogens with zero attached hydrogens (tertiary/aromatic N) is 1. The summed E-state index contributed by atoms with van der Waals surface area (Å²) in [5.41, 5.74) is 0.265. The Kier molecular flexibility index (Phi) is 6.24. The van der Waals surface area contributed by atoms with E-state index in [0.29, 0.717) is 13.1 Å². The molecule has 1 aliphatic heterocycles. The Hall–Kier alpha value is -1.34. The molecule has 1 heterocycles. The van der Waals surface area contributed by atoms with E-state index in [4.69, 9.17) is 4.74 Å². The molecule has 1 aromatic rings. The molecule has 0 aliphatic carbocycles. The summed E-state index contributed by atoms with van der Waals surface area (Å²) in [6.07, 6.45) is 0.186. The van der Waals surface area contributed by atoms with E-state index in [1.807, 2.05) is 0 Å². The van der Waals surface area contributed by atoms with Gasteiger partial charge in [0.05, 0.1) is 6.10 Å². The second-order valence-corrected chi connectivity index (χ2v) is 6.73. The van der Waals surface area contributed by atoms with E-state index >= 15 is 0 Å². The van der Waals surface area contributed by atoms with E-state index in [1.165, 1.54) is 6.07 Å². The van der Waals surface area contributed by atoms with Gasteiger partial charge in [-0.05, 0) is 38.5 Å². The average Bonchev–Trinajstić information content (AvgIpc) is 2.83. The maximum atomic E-state index is 13.6. The molecule has 2 atom stereocenters. The molecule has 7 heteroatoms. The highest BCUT2D eigenvalue weighted by molar-refractivity contribution is 7.81. The largest absolute Gasteiger partial charge is 0.447 e. The molecule has 0 saturated carbocycles. The number of hydrogen-bond donors (Lipinski definition) is 2. The van der Waals surface area contributed by atoms with Crippen molar-refractivity contribution >= 4 is 18.7 Å². The molecule has 1 amide bonds. The van der Waals surface area contributed by atoms with Gasteiger partial charge in [-0.1, -0.05) is 0 Å². The van der Waals surface area contributed by atoms with Crippen LogP contribution in [0, 0.1) is 11.6 Å². The first kappa shape index (κ1) is 18.0. The molecule has 2 rings (SSSR count). The first-order valence-electron chi connectivity index (χ1n) is 7.66. The molecule has 0 unspecified atom stereocenters. The first-order valence-corrected chi connectivity index (χ1v) is 8.18. The van der Waals surface area contributed by atoms with Crippen LogP contribution in [0.2, 0.25) is 0 Å². The second-order valence-electron chi connectivity index (χ2n) is 5.99. The molecule has 1 N–H and O–H groups in total. The summed E-state index contributed by atoms with van der Waals surface area (Å²) in [5, 5.41) is 3.17. The molecule has 0 radical (unpaired) electrons. The fraction of sp³-hybridized carbons (Fsp3) is 0.562. The van der Waals surface area contributed by atoms with Crippen molar-refractivity contribution in [1.29, 1.82) is 0 Å². The lowest BCUT2D eigenvalue weighted by Crippen LogP contribution is -2.42. The summed E-state index contributed by atoms with van der Waals surface area (Å²) in [7, 11) is 0. The molecule has 128 valence electrons. The third-order valence-electron chi connectivity index (χ3n) is 3.67. The topological polar surface area (TPSA) is 41.6 Å². The maximum Gasteiger partial charge on any atom is 0.410 e. The highest BCUT2D eigenvalue weighted by Crippen LogP contribution is 2.22. The number of benzene rings is 1. The first-order chi connectivity index (χ1) is 10.9. The number of ether oxygens (including phenoxy) is 1. The van der Waals surface area contributed by atoms with Crippen molar-refractivity contribution in [2.24, 2.45) is 0 Å². The average molecular weight is 344 g/mol. The van der Waals surface area contributed by atoms with Crippen molar-refractivity contribution in [2.45, 2.75) is 44.2 Å². The van der Waals surface area contributed by atoms with Crippen molar-refractivity contribution in [1.82, 2.24) is 10.2 Å². The molecule has 1 aliphatic rings. The zero-order valence-electron chi connectivity index (χ0n) is 13.3. The monoisotopic (exact) mass is 344 g/mol. The fourth-order valence-electron chi connectivity index (χ4n) is 2.63. The maximum absolute atomic E-state index is 13.6. The number of amides is 1. The van der Waals surface area contributed by atoms with E-state index < -0.39 is 11.6 Å². The van der Waals surface area contributed by atoms with Crippen LogP contribution in [-0.4, -0.2) is 41.5 Å². The Bertz CT molecular complexity index is 557. The van der Waals surface area contributed by atoms with Gasteiger partial charge in [0, 0.05) is 36.5 Å². The lowest BCUT2D eigenvalue weighted by molar-refractivity contribution is 0.0732. The van der Waals surface area contributed by atoms with Gasteiger partial charge in [0.15, 0.2) is 0 Å². The molecule has 23 heavy (non-hydrogen) atoms. The van der Waals surface area contributed by atoms with Crippen LogP contribution in [0.25, 0.3) is 0 Å². The molecule has 0 bridgehead atoms. The molecule has 4 nitrogen and oxygen atoms in total. The predicted molar refractivity (Wildman–Crippen MR) is 87.6 cm³/mol. The number of nitrogens with one attached hydrogen (secondary N) is 1. The van der Waals surface area contributed by atoms with Crippen LogP contribution in [0.3, 0.4) is 0 Å². The summed E-state index contributed by atoms with van der Waals surface area (Å²) >= 11 is 4.43. The number of rotatable bonds is 5. The van der Waals surface area contributed by atoms with Gasteiger partial charge in [-0.25, -0.2) is 13.6 Å². The van der Waals surface area contributed by atoms with Gasteiger partial charge >= 0.3 is 6.09 Å². The normalized spacial score (nSPS) is 21.0. The third kappa shape index (κ3) is 5.07. The molecule has 0 aromatic heterocycles. The number of halogens is 2. The molecule has 0 spiro atoms. The Balaban J connectivity index is 1.90. The van der Waals surface area contributed by atoms with Crippen molar-refractivity contribution in [3.8, 4) is 0 Å². The van der Waals surface area contributed by atoms with Crippen molar-refractivity contribution in [3.63, 3.8) is 0 Å². The quantitative estimate of drug-likeness (QED) is 0.807. The van der Waals surface area contributed by atoms with E-state index in [1.54, 1.807) is 18.7 Å². The lowest BCUT2D eigenvalue weighted by atomic mass is 10.2. The third-order valence-corrected chi connectivity index (χ3v) is 4.04. The zero-order chi connectivity index (χ0) is 17.0. The van der Waals surface area contributed by atoms with Crippen LogP contribution in [0.1, 0.15) is 25.8 Å². The number of carbonyl (C=O) groups is 1. The van der Waals surface area contributed by atoms with Gasteiger partial charge in [0.2, 0.25) is 0 Å². The van der Waals surface area contributed by atoms with Crippen molar-refractivity contribution < 1.29 is 18.3 Å². The van der Waals surface area contributed by atoms with Gasteiger partial charge < -0.3 is 15.0 Å². The lowest BCUT2D eigenvalue weighted by Gasteiger charge is -2.25. The molecule has 1 aromatic carbocycles. The Morgan fingerprint density at radius 3 is 2.91 bits per heavy atom. The molecule has 1 fully saturated rings. The van der Waals surface area contributed by atoms with Crippen LogP contribution in [-0.2, 0) is 11.3 Å². The predicted octanol–water partition coefficient (Wildman–Crippen LogP) is 2.97. The number of thiol groups is 1. The van der Waals surface area contributed by atoms with Gasteiger partial charge in [-0.3, -0.25) is 0 Å². The minimum atomic E-state index is -0.471. The standard InChI is InChI=1S/C16H22F2N2O2S/c1-10(2)22-16(21)20-9-14(23)6-13(20)8-19-7-11-5-12(17)3-4-15(11)18/h3-5,10,13-14,19,23H,6-9H2,1-2H3/t13-,14+/m0/s1. The van der Waals surface area contributed by atoms with Crippen LogP contribution in [0.5, 0.6) is 0 Å². The van der Waals surface area contributed by atoms with Gasteiger partial charge in [-0.15, -0.1) is 0 Å². The Morgan fingerprint density at radius 2 is 2.22 bits per heavy atom. The summed E-state index contributed by atoms with van der Waals surface area (Å²) in [4.78, 5) is 13.7.